The summed E-state index contributed by atoms with van der Waals surface area (Å²) < 4.78 is 69.4. The molecule has 0 bridgehead atoms. The number of aryl methyl sites for hydroxylation is 1. The van der Waals surface area contributed by atoms with Crippen molar-refractivity contribution in [2.75, 3.05) is 24.4 Å². The van der Waals surface area contributed by atoms with Crippen LogP contribution in [0.2, 0.25) is 5.02 Å². The third kappa shape index (κ3) is 7.80. The van der Waals surface area contributed by atoms with Crippen molar-refractivity contribution in [1.82, 2.24) is 10.2 Å². The zero-order valence-corrected chi connectivity index (χ0v) is 24.4. The highest BCUT2D eigenvalue weighted by molar-refractivity contribution is 7.92. The topological polar surface area (TPSA) is 86.8 Å². The van der Waals surface area contributed by atoms with E-state index in [1.807, 2.05) is 30.3 Å². The number of anilines is 1. The molecule has 0 unspecified atom stereocenters. The number of rotatable bonds is 11. The molecule has 220 valence electrons. The van der Waals surface area contributed by atoms with Crippen LogP contribution in [-0.2, 0) is 32.2 Å². The molecule has 0 saturated heterocycles. The molecular formula is C29H31ClF3N3O4S. The van der Waals surface area contributed by atoms with Crippen molar-refractivity contribution in [3.05, 3.63) is 94.5 Å². The SMILES string of the molecule is CC[C@H](C(=O)NC)N(CCc1ccccc1)C(=O)CN(c1ccc(Cl)c(C(F)(F)F)c1)S(=O)(=O)c1ccc(C)cc1. The Morgan fingerprint density at radius 3 is 2.20 bits per heavy atom. The lowest BCUT2D eigenvalue weighted by Crippen LogP contribution is -2.52. The van der Waals surface area contributed by atoms with Crippen LogP contribution < -0.4 is 9.62 Å². The number of sulfonamides is 1. The van der Waals surface area contributed by atoms with E-state index in [4.69, 9.17) is 11.6 Å². The van der Waals surface area contributed by atoms with Gasteiger partial charge >= 0.3 is 6.18 Å². The first-order valence-corrected chi connectivity index (χ1v) is 14.6. The van der Waals surface area contributed by atoms with E-state index in [-0.39, 0.29) is 17.9 Å². The van der Waals surface area contributed by atoms with Gasteiger partial charge in [0.15, 0.2) is 0 Å². The summed E-state index contributed by atoms with van der Waals surface area (Å²) in [4.78, 5) is 27.6. The number of alkyl halides is 3. The fraction of sp³-hybridized carbons (Fsp3) is 0.310. The number of hydrogen-bond donors (Lipinski definition) is 1. The Morgan fingerprint density at radius 1 is 1.00 bits per heavy atom. The molecule has 0 aliphatic heterocycles. The summed E-state index contributed by atoms with van der Waals surface area (Å²) in [6.45, 7) is 2.68. The van der Waals surface area contributed by atoms with E-state index in [0.717, 1.165) is 23.3 Å². The molecule has 41 heavy (non-hydrogen) atoms. The zero-order valence-electron chi connectivity index (χ0n) is 22.8. The highest BCUT2D eigenvalue weighted by Crippen LogP contribution is 2.38. The van der Waals surface area contributed by atoms with Crippen LogP contribution in [0.25, 0.3) is 0 Å². The predicted octanol–water partition coefficient (Wildman–Crippen LogP) is 5.46. The molecule has 3 aromatic rings. The van der Waals surface area contributed by atoms with E-state index in [9.17, 15) is 31.2 Å². The van der Waals surface area contributed by atoms with Gasteiger partial charge in [-0.05, 0) is 55.7 Å². The van der Waals surface area contributed by atoms with Crippen LogP contribution in [-0.4, -0.2) is 51.3 Å². The van der Waals surface area contributed by atoms with Gasteiger partial charge in [0.05, 0.1) is 21.2 Å². The lowest BCUT2D eigenvalue weighted by Gasteiger charge is -2.33. The quantitative estimate of drug-likeness (QED) is 0.313. The van der Waals surface area contributed by atoms with Crippen LogP contribution in [0, 0.1) is 6.92 Å². The Labute approximate surface area is 243 Å². The van der Waals surface area contributed by atoms with Crippen molar-refractivity contribution in [2.24, 2.45) is 0 Å². The summed E-state index contributed by atoms with van der Waals surface area (Å²) in [5.41, 5.74) is 0.00666. The monoisotopic (exact) mass is 609 g/mol. The van der Waals surface area contributed by atoms with E-state index in [1.165, 1.54) is 24.1 Å². The van der Waals surface area contributed by atoms with Crippen LogP contribution >= 0.6 is 11.6 Å². The minimum atomic E-state index is -4.87. The maximum Gasteiger partial charge on any atom is 0.417 e. The van der Waals surface area contributed by atoms with E-state index < -0.39 is 56.9 Å². The molecule has 1 atom stereocenters. The first kappa shape index (κ1) is 32.0. The first-order valence-electron chi connectivity index (χ1n) is 12.8. The van der Waals surface area contributed by atoms with Gasteiger partial charge in [0, 0.05) is 13.6 Å². The second kappa shape index (κ2) is 13.4. The first-order chi connectivity index (χ1) is 19.3. The highest BCUT2D eigenvalue weighted by atomic mass is 35.5. The fourth-order valence-electron chi connectivity index (χ4n) is 4.31. The lowest BCUT2D eigenvalue weighted by molar-refractivity contribution is -0.139. The normalized spacial score (nSPS) is 12.5. The van der Waals surface area contributed by atoms with E-state index in [2.05, 4.69) is 5.32 Å². The van der Waals surface area contributed by atoms with Gasteiger partial charge in [-0.3, -0.25) is 13.9 Å². The predicted molar refractivity (Wildman–Crippen MR) is 152 cm³/mol. The molecule has 2 amide bonds. The van der Waals surface area contributed by atoms with Crippen LogP contribution in [0.4, 0.5) is 18.9 Å². The summed E-state index contributed by atoms with van der Waals surface area (Å²) in [5.74, 6) is -1.21. The van der Waals surface area contributed by atoms with Crippen LogP contribution in [0.3, 0.4) is 0 Å². The average Bonchev–Trinajstić information content (AvgIpc) is 2.94. The van der Waals surface area contributed by atoms with Gasteiger partial charge in [-0.25, -0.2) is 8.42 Å². The maximum atomic E-state index is 13.8. The smallest absolute Gasteiger partial charge is 0.357 e. The Balaban J connectivity index is 2.10. The Hall–Kier alpha value is -3.57. The molecule has 12 heteroatoms. The van der Waals surface area contributed by atoms with Crippen LogP contribution in [0.5, 0.6) is 0 Å². The van der Waals surface area contributed by atoms with Gasteiger partial charge in [0.1, 0.15) is 12.6 Å². The van der Waals surface area contributed by atoms with Gasteiger partial charge in [0.25, 0.3) is 10.0 Å². The van der Waals surface area contributed by atoms with E-state index >= 15 is 0 Å². The molecule has 0 spiro atoms. The van der Waals surface area contributed by atoms with Gasteiger partial charge in [-0.15, -0.1) is 0 Å². The molecule has 7 nitrogen and oxygen atoms in total. The Kier molecular flexibility index (Phi) is 10.4. The highest BCUT2D eigenvalue weighted by Gasteiger charge is 2.37. The fourth-order valence-corrected chi connectivity index (χ4v) is 5.95. The summed E-state index contributed by atoms with van der Waals surface area (Å²) in [7, 11) is -3.10. The number of halogens is 4. The number of nitrogens with zero attached hydrogens (tertiary/aromatic N) is 2. The largest absolute Gasteiger partial charge is 0.417 e. The van der Waals surface area contributed by atoms with Gasteiger partial charge in [-0.2, -0.15) is 13.2 Å². The van der Waals surface area contributed by atoms with Crippen molar-refractivity contribution < 1.29 is 31.2 Å². The number of nitrogens with one attached hydrogen (secondary N) is 1. The number of carbonyl (C=O) groups excluding carboxylic acids is 2. The zero-order chi connectivity index (χ0) is 30.4. The molecule has 3 rings (SSSR count). The molecule has 0 aromatic heterocycles. The average molecular weight is 610 g/mol. The van der Waals surface area contributed by atoms with Gasteiger partial charge < -0.3 is 10.2 Å². The number of benzene rings is 3. The van der Waals surface area contributed by atoms with Crippen LogP contribution in [0.15, 0.2) is 77.7 Å². The maximum absolute atomic E-state index is 13.8. The van der Waals surface area contributed by atoms with Crippen molar-refractivity contribution >= 4 is 39.1 Å². The second-order valence-corrected chi connectivity index (χ2v) is 11.6. The van der Waals surface area contributed by atoms with Crippen molar-refractivity contribution in [3.63, 3.8) is 0 Å². The van der Waals surface area contributed by atoms with Crippen molar-refractivity contribution in [2.45, 2.75) is 43.8 Å². The second-order valence-electron chi connectivity index (χ2n) is 9.35. The van der Waals surface area contributed by atoms with Gasteiger partial charge in [-0.1, -0.05) is 66.6 Å². The lowest BCUT2D eigenvalue weighted by atomic mass is 10.1. The van der Waals surface area contributed by atoms with E-state index in [1.54, 1.807) is 26.0 Å². The summed E-state index contributed by atoms with van der Waals surface area (Å²) in [5, 5.41) is 1.91. The van der Waals surface area contributed by atoms with E-state index in [0.29, 0.717) is 16.8 Å². The van der Waals surface area contributed by atoms with Crippen LogP contribution in [0.1, 0.15) is 30.0 Å². The molecule has 0 fully saturated rings. The summed E-state index contributed by atoms with van der Waals surface area (Å²) in [6, 6.07) is 16.6. The Morgan fingerprint density at radius 2 is 1.63 bits per heavy atom. The molecule has 3 aromatic carbocycles. The van der Waals surface area contributed by atoms with Crippen molar-refractivity contribution in [3.8, 4) is 0 Å². The molecule has 0 saturated carbocycles. The van der Waals surface area contributed by atoms with Crippen molar-refractivity contribution in [1.29, 1.82) is 0 Å². The number of carbonyl (C=O) groups is 2. The summed E-state index contributed by atoms with van der Waals surface area (Å²) in [6.07, 6.45) is -4.28. The minimum Gasteiger partial charge on any atom is -0.357 e. The number of amides is 2. The third-order valence-corrected chi connectivity index (χ3v) is 8.67. The minimum absolute atomic E-state index is 0.0710. The molecule has 0 radical (unpaired) electrons. The molecular weight excluding hydrogens is 579 g/mol. The summed E-state index contributed by atoms with van der Waals surface area (Å²) >= 11 is 5.79. The standard InChI is InChI=1S/C29H31ClF3N3O4S/c1-4-26(28(38)34-3)35(17-16-21-8-6-5-7-9-21)27(37)19-36(41(39,40)23-13-10-20(2)11-14-23)22-12-15-25(30)24(18-22)29(31,32)33/h5-15,18,26H,4,16-17,19H2,1-3H3,(H,34,38)/t26-/m1/s1. The third-order valence-electron chi connectivity index (χ3n) is 6.55. The molecule has 0 heterocycles. The Bertz CT molecular complexity index is 1470. The molecule has 0 aliphatic carbocycles. The molecule has 1 N–H and O–H groups in total. The van der Waals surface area contributed by atoms with Gasteiger partial charge in [0.2, 0.25) is 11.8 Å². The number of hydrogen-bond acceptors (Lipinski definition) is 4. The molecule has 0 aliphatic rings. The number of likely N-dealkylation sites (N-methyl/N-ethyl adjacent to an activating group) is 1.